The Morgan fingerprint density at radius 2 is 2.36 bits per heavy atom. The number of halogens is 1. The molecule has 0 aromatic heterocycles. The Bertz CT molecular complexity index is 595. The second-order valence-electron chi connectivity index (χ2n) is 5.45. The number of benzene rings is 1. The lowest BCUT2D eigenvalue weighted by atomic mass is 10.1. The molecule has 0 aliphatic heterocycles. The molecule has 0 heterocycles. The number of terminal acetylenes is 1. The van der Waals surface area contributed by atoms with Crippen LogP contribution in [0.25, 0.3) is 0 Å². The normalized spacial score (nSPS) is 16.0. The van der Waals surface area contributed by atoms with E-state index in [0.29, 0.717) is 23.9 Å². The van der Waals surface area contributed by atoms with Crippen LogP contribution < -0.4 is 10.1 Å². The van der Waals surface area contributed by atoms with Crippen molar-refractivity contribution in [1.29, 1.82) is 0 Å². The largest absolute Gasteiger partial charge is 0.415 e. The fourth-order valence-corrected chi connectivity index (χ4v) is 2.90. The van der Waals surface area contributed by atoms with E-state index in [9.17, 15) is 4.79 Å². The summed E-state index contributed by atoms with van der Waals surface area (Å²) >= 11 is 6.24. The first kappa shape index (κ1) is 16.7. The standard InChI is InChI=1S/C17H21ClN2O2/c1-4-8-19-15-7-6-12-10-14(18)16(11-13(12)15)22-17(21)20(3)9-5-2/h1,10-11,15,19H,5-9H2,2-3H3/t15-/m0/s1. The number of hydrogen-bond donors (Lipinski definition) is 1. The first-order chi connectivity index (χ1) is 10.6. The van der Waals surface area contributed by atoms with E-state index in [2.05, 4.69) is 11.2 Å². The van der Waals surface area contributed by atoms with E-state index in [-0.39, 0.29) is 6.04 Å². The topological polar surface area (TPSA) is 41.6 Å². The molecule has 1 atom stereocenters. The Morgan fingerprint density at radius 1 is 1.59 bits per heavy atom. The van der Waals surface area contributed by atoms with Gasteiger partial charge < -0.3 is 9.64 Å². The van der Waals surface area contributed by atoms with E-state index < -0.39 is 6.09 Å². The van der Waals surface area contributed by atoms with Crippen molar-refractivity contribution in [3.63, 3.8) is 0 Å². The molecule has 0 saturated carbocycles. The number of ether oxygens (including phenoxy) is 1. The highest BCUT2D eigenvalue weighted by atomic mass is 35.5. The Kier molecular flexibility index (Phi) is 5.70. The van der Waals surface area contributed by atoms with Gasteiger partial charge in [0.05, 0.1) is 11.6 Å². The Hall–Kier alpha value is -1.70. The van der Waals surface area contributed by atoms with Crippen LogP contribution in [-0.4, -0.2) is 31.1 Å². The van der Waals surface area contributed by atoms with Crippen molar-refractivity contribution in [3.05, 3.63) is 28.3 Å². The molecule has 2 rings (SSSR count). The number of aryl methyl sites for hydroxylation is 1. The van der Waals surface area contributed by atoms with Gasteiger partial charge >= 0.3 is 6.09 Å². The van der Waals surface area contributed by atoms with Gasteiger partial charge in [-0.1, -0.05) is 24.4 Å². The van der Waals surface area contributed by atoms with Gasteiger partial charge in [0, 0.05) is 19.6 Å². The predicted molar refractivity (Wildman–Crippen MR) is 88.3 cm³/mol. The SMILES string of the molecule is C#CCN[C@H]1CCc2cc(Cl)c(OC(=O)N(C)CCC)cc21. The molecule has 0 spiro atoms. The van der Waals surface area contributed by atoms with Crippen LogP contribution in [0, 0.1) is 12.3 Å². The van der Waals surface area contributed by atoms with Crippen LogP contribution in [0.5, 0.6) is 5.75 Å². The molecule has 4 nitrogen and oxygen atoms in total. The van der Waals surface area contributed by atoms with Gasteiger partial charge in [0.1, 0.15) is 0 Å². The van der Waals surface area contributed by atoms with Crippen molar-refractivity contribution in [2.24, 2.45) is 0 Å². The summed E-state index contributed by atoms with van der Waals surface area (Å²) in [6.45, 7) is 3.17. The summed E-state index contributed by atoms with van der Waals surface area (Å²) in [5.41, 5.74) is 2.29. The first-order valence-electron chi connectivity index (χ1n) is 7.49. The minimum Gasteiger partial charge on any atom is -0.409 e. The Morgan fingerprint density at radius 3 is 3.05 bits per heavy atom. The van der Waals surface area contributed by atoms with Crippen molar-refractivity contribution in [1.82, 2.24) is 10.2 Å². The van der Waals surface area contributed by atoms with Crippen molar-refractivity contribution < 1.29 is 9.53 Å². The Labute approximate surface area is 136 Å². The van der Waals surface area contributed by atoms with Gasteiger partial charge in [0.25, 0.3) is 0 Å². The third-order valence-corrected chi connectivity index (χ3v) is 4.09. The molecule has 0 radical (unpaired) electrons. The third-order valence-electron chi connectivity index (χ3n) is 3.79. The van der Waals surface area contributed by atoms with Gasteiger partial charge in [-0.05, 0) is 42.5 Å². The second-order valence-corrected chi connectivity index (χ2v) is 5.85. The van der Waals surface area contributed by atoms with Crippen LogP contribution in [0.3, 0.4) is 0 Å². The highest BCUT2D eigenvalue weighted by Gasteiger charge is 2.25. The number of amides is 1. The summed E-state index contributed by atoms with van der Waals surface area (Å²) < 4.78 is 5.42. The van der Waals surface area contributed by atoms with E-state index in [1.165, 1.54) is 10.5 Å². The quantitative estimate of drug-likeness (QED) is 0.846. The predicted octanol–water partition coefficient (Wildman–Crippen LogP) is 3.39. The molecular formula is C17H21ClN2O2. The minimum absolute atomic E-state index is 0.189. The van der Waals surface area contributed by atoms with Gasteiger partial charge in [-0.25, -0.2) is 4.79 Å². The average Bonchev–Trinajstić information content (AvgIpc) is 2.87. The van der Waals surface area contributed by atoms with Gasteiger partial charge in [-0.2, -0.15) is 0 Å². The maximum absolute atomic E-state index is 12.0. The Balaban J connectivity index is 2.16. The van der Waals surface area contributed by atoms with Crippen molar-refractivity contribution in [2.45, 2.75) is 32.2 Å². The molecule has 1 aliphatic rings. The van der Waals surface area contributed by atoms with E-state index in [0.717, 1.165) is 24.8 Å². The van der Waals surface area contributed by atoms with Crippen molar-refractivity contribution in [3.8, 4) is 18.1 Å². The van der Waals surface area contributed by atoms with E-state index in [4.69, 9.17) is 22.8 Å². The smallest absolute Gasteiger partial charge is 0.409 e. The number of hydrogen-bond acceptors (Lipinski definition) is 3. The summed E-state index contributed by atoms with van der Waals surface area (Å²) in [6.07, 6.45) is 7.70. The van der Waals surface area contributed by atoms with E-state index in [1.807, 2.05) is 19.1 Å². The van der Waals surface area contributed by atoms with Gasteiger partial charge in [-0.15, -0.1) is 6.42 Å². The molecule has 1 aromatic rings. The molecule has 0 fully saturated rings. The summed E-state index contributed by atoms with van der Waals surface area (Å²) in [6, 6.07) is 3.93. The van der Waals surface area contributed by atoms with Crippen molar-refractivity contribution >= 4 is 17.7 Å². The highest BCUT2D eigenvalue weighted by molar-refractivity contribution is 6.32. The minimum atomic E-state index is -0.394. The van der Waals surface area contributed by atoms with Gasteiger partial charge in [-0.3, -0.25) is 5.32 Å². The fourth-order valence-electron chi connectivity index (χ4n) is 2.68. The zero-order chi connectivity index (χ0) is 16.1. The molecule has 1 aromatic carbocycles. The molecule has 118 valence electrons. The molecule has 22 heavy (non-hydrogen) atoms. The maximum Gasteiger partial charge on any atom is 0.415 e. The highest BCUT2D eigenvalue weighted by Crippen LogP contribution is 2.38. The van der Waals surface area contributed by atoms with Crippen LogP contribution >= 0.6 is 11.6 Å². The number of fused-ring (bicyclic) bond motifs is 1. The molecule has 5 heteroatoms. The number of nitrogens with one attached hydrogen (secondary N) is 1. The monoisotopic (exact) mass is 320 g/mol. The van der Waals surface area contributed by atoms with Crippen LogP contribution in [0.1, 0.15) is 36.9 Å². The number of carbonyl (C=O) groups excluding carboxylic acids is 1. The molecule has 1 aliphatic carbocycles. The van der Waals surface area contributed by atoms with E-state index >= 15 is 0 Å². The summed E-state index contributed by atoms with van der Waals surface area (Å²) in [7, 11) is 1.71. The third kappa shape index (κ3) is 3.73. The molecule has 1 amide bonds. The van der Waals surface area contributed by atoms with Crippen LogP contribution in [0.2, 0.25) is 5.02 Å². The average molecular weight is 321 g/mol. The molecular weight excluding hydrogens is 300 g/mol. The lowest BCUT2D eigenvalue weighted by molar-refractivity contribution is 0.163. The number of nitrogens with zero attached hydrogens (tertiary/aromatic N) is 1. The molecule has 1 N–H and O–H groups in total. The lowest BCUT2D eigenvalue weighted by Crippen LogP contribution is -2.30. The number of carbonyl (C=O) groups is 1. The summed E-state index contributed by atoms with van der Waals surface area (Å²) in [5.74, 6) is 2.99. The first-order valence-corrected chi connectivity index (χ1v) is 7.86. The van der Waals surface area contributed by atoms with Crippen molar-refractivity contribution in [2.75, 3.05) is 20.1 Å². The van der Waals surface area contributed by atoms with E-state index in [1.54, 1.807) is 7.05 Å². The molecule has 0 unspecified atom stereocenters. The van der Waals surface area contributed by atoms with Crippen LogP contribution in [0.15, 0.2) is 12.1 Å². The summed E-state index contributed by atoms with van der Waals surface area (Å²) in [4.78, 5) is 13.6. The van der Waals surface area contributed by atoms with Crippen LogP contribution in [0.4, 0.5) is 4.79 Å². The number of rotatable bonds is 5. The van der Waals surface area contributed by atoms with Crippen LogP contribution in [-0.2, 0) is 6.42 Å². The lowest BCUT2D eigenvalue weighted by Gasteiger charge is -2.18. The zero-order valence-corrected chi connectivity index (χ0v) is 13.7. The zero-order valence-electron chi connectivity index (χ0n) is 13.0. The van der Waals surface area contributed by atoms with Gasteiger partial charge in [0.2, 0.25) is 0 Å². The maximum atomic E-state index is 12.0. The second kappa shape index (κ2) is 7.53. The molecule has 0 bridgehead atoms. The fraction of sp³-hybridized carbons (Fsp3) is 0.471. The van der Waals surface area contributed by atoms with Gasteiger partial charge in [0.15, 0.2) is 5.75 Å². The summed E-state index contributed by atoms with van der Waals surface area (Å²) in [5, 5.41) is 3.77. The molecule has 0 saturated heterocycles.